The van der Waals surface area contributed by atoms with E-state index in [1.165, 1.54) is 0 Å². The first-order valence-electron chi connectivity index (χ1n) is 6.68. The zero-order valence-electron chi connectivity index (χ0n) is 11.5. The third-order valence-electron chi connectivity index (χ3n) is 3.00. The molecule has 1 aromatic carbocycles. The summed E-state index contributed by atoms with van der Waals surface area (Å²) in [5.74, 6) is 0.789. The Morgan fingerprint density at radius 1 is 1.45 bits per heavy atom. The molecular weight excluding hydrogens is 322 g/mol. The SMILES string of the molecule is CCOc1ccc(Br)cc1/C=C/C(=O)N1CCOCC1. The minimum absolute atomic E-state index is 0.00993. The molecule has 20 heavy (non-hydrogen) atoms. The number of ether oxygens (including phenoxy) is 2. The van der Waals surface area contributed by atoms with Crippen LogP contribution in [0.3, 0.4) is 0 Å². The number of hydrogen-bond donors (Lipinski definition) is 0. The fourth-order valence-corrected chi connectivity index (χ4v) is 2.37. The molecule has 1 aliphatic heterocycles. The molecule has 0 N–H and O–H groups in total. The lowest BCUT2D eigenvalue weighted by atomic mass is 10.2. The number of carbonyl (C=O) groups is 1. The van der Waals surface area contributed by atoms with E-state index in [0.29, 0.717) is 32.9 Å². The second kappa shape index (κ2) is 7.45. The van der Waals surface area contributed by atoms with Crippen molar-refractivity contribution in [3.8, 4) is 5.75 Å². The Labute approximate surface area is 127 Å². The van der Waals surface area contributed by atoms with E-state index in [1.54, 1.807) is 17.1 Å². The van der Waals surface area contributed by atoms with E-state index >= 15 is 0 Å². The van der Waals surface area contributed by atoms with Gasteiger partial charge in [-0.3, -0.25) is 4.79 Å². The van der Waals surface area contributed by atoms with Crippen molar-refractivity contribution in [2.75, 3.05) is 32.9 Å². The van der Waals surface area contributed by atoms with Crippen molar-refractivity contribution in [2.24, 2.45) is 0 Å². The maximum absolute atomic E-state index is 12.1. The van der Waals surface area contributed by atoms with Crippen LogP contribution in [-0.4, -0.2) is 43.7 Å². The summed E-state index contributed by atoms with van der Waals surface area (Å²) < 4.78 is 11.7. The maximum atomic E-state index is 12.1. The lowest BCUT2D eigenvalue weighted by molar-refractivity contribution is -0.129. The molecule has 1 heterocycles. The zero-order chi connectivity index (χ0) is 14.4. The second-order valence-corrected chi connectivity index (χ2v) is 5.30. The molecule has 0 bridgehead atoms. The molecule has 1 saturated heterocycles. The molecule has 108 valence electrons. The van der Waals surface area contributed by atoms with Gasteiger partial charge in [0, 0.05) is 29.2 Å². The minimum Gasteiger partial charge on any atom is -0.493 e. The van der Waals surface area contributed by atoms with Crippen molar-refractivity contribution in [1.29, 1.82) is 0 Å². The van der Waals surface area contributed by atoms with Gasteiger partial charge in [0.05, 0.1) is 19.8 Å². The Hall–Kier alpha value is -1.33. The van der Waals surface area contributed by atoms with Gasteiger partial charge in [0.15, 0.2) is 0 Å². The number of carbonyl (C=O) groups excluding carboxylic acids is 1. The molecule has 0 aliphatic carbocycles. The maximum Gasteiger partial charge on any atom is 0.246 e. The molecule has 1 aliphatic rings. The van der Waals surface area contributed by atoms with Gasteiger partial charge in [0.1, 0.15) is 5.75 Å². The van der Waals surface area contributed by atoms with Gasteiger partial charge in [-0.2, -0.15) is 0 Å². The predicted molar refractivity (Wildman–Crippen MR) is 81.7 cm³/mol. The zero-order valence-corrected chi connectivity index (χ0v) is 13.1. The molecule has 0 saturated carbocycles. The topological polar surface area (TPSA) is 38.8 Å². The second-order valence-electron chi connectivity index (χ2n) is 4.39. The van der Waals surface area contributed by atoms with Crippen molar-refractivity contribution >= 4 is 27.9 Å². The molecule has 2 rings (SSSR count). The lowest BCUT2D eigenvalue weighted by Crippen LogP contribution is -2.39. The number of hydrogen-bond acceptors (Lipinski definition) is 3. The van der Waals surface area contributed by atoms with Crippen LogP contribution in [0.25, 0.3) is 6.08 Å². The molecule has 0 atom stereocenters. The van der Waals surface area contributed by atoms with Crippen LogP contribution in [0.1, 0.15) is 12.5 Å². The summed E-state index contributed by atoms with van der Waals surface area (Å²) in [6.45, 7) is 5.07. The fraction of sp³-hybridized carbons (Fsp3) is 0.400. The van der Waals surface area contributed by atoms with Crippen molar-refractivity contribution < 1.29 is 14.3 Å². The summed E-state index contributed by atoms with van der Waals surface area (Å²) in [6.07, 6.45) is 3.39. The Balaban J connectivity index is 2.09. The van der Waals surface area contributed by atoms with Gasteiger partial charge < -0.3 is 14.4 Å². The van der Waals surface area contributed by atoms with Gasteiger partial charge >= 0.3 is 0 Å². The highest BCUT2D eigenvalue weighted by Gasteiger charge is 2.14. The van der Waals surface area contributed by atoms with E-state index in [4.69, 9.17) is 9.47 Å². The summed E-state index contributed by atoms with van der Waals surface area (Å²) in [6, 6.07) is 5.76. The number of morpholine rings is 1. The van der Waals surface area contributed by atoms with Gasteiger partial charge in [-0.25, -0.2) is 0 Å². The van der Waals surface area contributed by atoms with E-state index < -0.39 is 0 Å². The van der Waals surface area contributed by atoms with Gasteiger partial charge in [-0.1, -0.05) is 15.9 Å². The van der Waals surface area contributed by atoms with Gasteiger partial charge in [-0.05, 0) is 31.2 Å². The first-order chi connectivity index (χ1) is 9.70. The standard InChI is InChI=1S/C15H18BrNO3/c1-2-20-14-5-4-13(16)11-12(14)3-6-15(18)17-7-9-19-10-8-17/h3-6,11H,2,7-10H2,1H3/b6-3+. The lowest BCUT2D eigenvalue weighted by Gasteiger charge is -2.25. The number of rotatable bonds is 4. The van der Waals surface area contributed by atoms with Crippen LogP contribution in [0, 0.1) is 0 Å². The van der Waals surface area contributed by atoms with Gasteiger partial charge in [0.25, 0.3) is 0 Å². The summed E-state index contributed by atoms with van der Waals surface area (Å²) >= 11 is 3.43. The van der Waals surface area contributed by atoms with Gasteiger partial charge in [-0.15, -0.1) is 0 Å². The number of benzene rings is 1. The Morgan fingerprint density at radius 3 is 2.90 bits per heavy atom. The van der Waals surface area contributed by atoms with Crippen LogP contribution in [-0.2, 0) is 9.53 Å². The summed E-state index contributed by atoms with van der Waals surface area (Å²) in [5.41, 5.74) is 0.892. The van der Waals surface area contributed by atoms with Crippen LogP contribution in [0.5, 0.6) is 5.75 Å². The number of halogens is 1. The molecule has 0 spiro atoms. The highest BCUT2D eigenvalue weighted by molar-refractivity contribution is 9.10. The van der Waals surface area contributed by atoms with Crippen LogP contribution < -0.4 is 4.74 Å². The van der Waals surface area contributed by atoms with E-state index in [0.717, 1.165) is 15.8 Å². The Morgan fingerprint density at radius 2 is 2.20 bits per heavy atom. The van der Waals surface area contributed by atoms with E-state index in [9.17, 15) is 4.79 Å². The Bertz CT molecular complexity index is 496. The minimum atomic E-state index is 0.00993. The monoisotopic (exact) mass is 339 g/mol. The quantitative estimate of drug-likeness (QED) is 0.791. The first-order valence-corrected chi connectivity index (χ1v) is 7.47. The average Bonchev–Trinajstić information content (AvgIpc) is 2.48. The van der Waals surface area contributed by atoms with Crippen LogP contribution >= 0.6 is 15.9 Å². The molecule has 0 radical (unpaired) electrons. The largest absolute Gasteiger partial charge is 0.493 e. The number of amides is 1. The molecule has 0 unspecified atom stereocenters. The highest BCUT2D eigenvalue weighted by Crippen LogP contribution is 2.24. The van der Waals surface area contributed by atoms with Crippen molar-refractivity contribution in [2.45, 2.75) is 6.92 Å². The normalized spacial score (nSPS) is 15.6. The number of nitrogens with zero attached hydrogens (tertiary/aromatic N) is 1. The molecule has 4 nitrogen and oxygen atoms in total. The molecule has 5 heteroatoms. The fourth-order valence-electron chi connectivity index (χ4n) is 1.99. The molecular formula is C15H18BrNO3. The Kier molecular flexibility index (Phi) is 5.61. The smallest absolute Gasteiger partial charge is 0.246 e. The van der Waals surface area contributed by atoms with Gasteiger partial charge in [0.2, 0.25) is 5.91 Å². The van der Waals surface area contributed by atoms with Crippen molar-refractivity contribution in [1.82, 2.24) is 4.90 Å². The van der Waals surface area contributed by atoms with Crippen LogP contribution in [0.2, 0.25) is 0 Å². The van der Waals surface area contributed by atoms with Crippen molar-refractivity contribution in [3.63, 3.8) is 0 Å². The highest BCUT2D eigenvalue weighted by atomic mass is 79.9. The predicted octanol–water partition coefficient (Wildman–Crippen LogP) is 2.72. The third-order valence-corrected chi connectivity index (χ3v) is 3.49. The molecule has 1 amide bonds. The van der Waals surface area contributed by atoms with E-state index in [1.807, 2.05) is 25.1 Å². The van der Waals surface area contributed by atoms with Crippen molar-refractivity contribution in [3.05, 3.63) is 34.3 Å². The molecule has 1 aromatic rings. The van der Waals surface area contributed by atoms with E-state index in [-0.39, 0.29) is 5.91 Å². The molecule has 1 fully saturated rings. The van der Waals surface area contributed by atoms with E-state index in [2.05, 4.69) is 15.9 Å². The van der Waals surface area contributed by atoms with Crippen LogP contribution in [0.4, 0.5) is 0 Å². The molecule has 0 aromatic heterocycles. The summed E-state index contributed by atoms with van der Waals surface area (Å²) in [5, 5.41) is 0. The summed E-state index contributed by atoms with van der Waals surface area (Å²) in [7, 11) is 0. The average molecular weight is 340 g/mol. The third kappa shape index (κ3) is 4.08. The van der Waals surface area contributed by atoms with Crippen LogP contribution in [0.15, 0.2) is 28.7 Å². The summed E-state index contributed by atoms with van der Waals surface area (Å²) in [4.78, 5) is 13.8. The first kappa shape index (κ1) is 15.1.